The summed E-state index contributed by atoms with van der Waals surface area (Å²) in [5.74, 6) is 0. The van der Waals surface area contributed by atoms with Gasteiger partial charge in [-0.2, -0.15) is 0 Å². The first-order chi connectivity index (χ1) is 6.54. The molecule has 0 aromatic carbocycles. The molecule has 5 heteroatoms. The molecule has 0 spiro atoms. The molecule has 76 valence electrons. The van der Waals surface area contributed by atoms with Crippen LogP contribution in [0, 0.1) is 10.1 Å². The normalized spacial score (nSPS) is 10.3. The van der Waals surface area contributed by atoms with Gasteiger partial charge in [0, 0.05) is 19.3 Å². The number of pyridine rings is 1. The van der Waals surface area contributed by atoms with Crippen LogP contribution in [0.15, 0.2) is 18.5 Å². The Morgan fingerprint density at radius 1 is 1.57 bits per heavy atom. The molecule has 0 aliphatic carbocycles. The van der Waals surface area contributed by atoms with Crippen LogP contribution in [-0.4, -0.2) is 23.0 Å². The topological polar surface area (TPSA) is 59.3 Å². The van der Waals surface area contributed by atoms with Gasteiger partial charge in [0.15, 0.2) is 0 Å². The molecule has 1 heterocycles. The summed E-state index contributed by atoms with van der Waals surface area (Å²) in [6, 6.07) is 1.87. The van der Waals surface area contributed by atoms with Crippen molar-refractivity contribution in [2.45, 2.75) is 19.9 Å². The summed E-state index contributed by atoms with van der Waals surface area (Å²) in [7, 11) is 1.83. The number of hydrogen-bond acceptors (Lipinski definition) is 4. The molecule has 0 fully saturated rings. The predicted octanol–water partition coefficient (Wildman–Crippen LogP) is 1.83. The molecule has 0 aliphatic heterocycles. The molecule has 14 heavy (non-hydrogen) atoms. The van der Waals surface area contributed by atoms with Crippen molar-refractivity contribution in [2.75, 3.05) is 11.9 Å². The zero-order valence-corrected chi connectivity index (χ0v) is 8.47. The Balaban J connectivity index is 3.13. The number of nitrogens with zero attached hydrogens (tertiary/aromatic N) is 3. The van der Waals surface area contributed by atoms with Gasteiger partial charge in [0.25, 0.3) is 0 Å². The van der Waals surface area contributed by atoms with Crippen LogP contribution in [0.25, 0.3) is 0 Å². The Morgan fingerprint density at radius 3 is 2.71 bits per heavy atom. The Hall–Kier alpha value is -1.65. The van der Waals surface area contributed by atoms with Gasteiger partial charge < -0.3 is 4.90 Å². The summed E-state index contributed by atoms with van der Waals surface area (Å²) in [5, 5.41) is 10.7. The van der Waals surface area contributed by atoms with Gasteiger partial charge >= 0.3 is 5.69 Å². The highest BCUT2D eigenvalue weighted by Gasteiger charge is 2.17. The average Bonchev–Trinajstić information content (AvgIpc) is 2.16. The van der Waals surface area contributed by atoms with Crippen LogP contribution in [0.5, 0.6) is 0 Å². The fraction of sp³-hybridized carbons (Fsp3) is 0.444. The smallest absolute Gasteiger partial charge is 0.310 e. The maximum absolute atomic E-state index is 10.7. The van der Waals surface area contributed by atoms with E-state index < -0.39 is 4.92 Å². The van der Waals surface area contributed by atoms with Gasteiger partial charge in [-0.3, -0.25) is 15.1 Å². The summed E-state index contributed by atoms with van der Waals surface area (Å²) >= 11 is 0. The van der Waals surface area contributed by atoms with Crippen molar-refractivity contribution in [1.29, 1.82) is 0 Å². The Bertz CT molecular complexity index is 339. The van der Waals surface area contributed by atoms with Gasteiger partial charge in [0.2, 0.25) is 0 Å². The van der Waals surface area contributed by atoms with Crippen LogP contribution in [-0.2, 0) is 0 Å². The Labute approximate surface area is 82.5 Å². The van der Waals surface area contributed by atoms with Crippen LogP contribution in [0.3, 0.4) is 0 Å². The summed E-state index contributed by atoms with van der Waals surface area (Å²) in [6.07, 6.45) is 2.83. The molecular weight excluding hydrogens is 182 g/mol. The first-order valence-electron chi connectivity index (χ1n) is 4.35. The van der Waals surface area contributed by atoms with E-state index in [1.165, 1.54) is 6.20 Å². The van der Waals surface area contributed by atoms with E-state index in [4.69, 9.17) is 0 Å². The fourth-order valence-corrected chi connectivity index (χ4v) is 1.10. The monoisotopic (exact) mass is 195 g/mol. The molecular formula is C9H13N3O2. The quantitative estimate of drug-likeness (QED) is 0.545. The summed E-state index contributed by atoms with van der Waals surface area (Å²) in [5.41, 5.74) is 0.642. The molecule has 5 nitrogen and oxygen atoms in total. The molecule has 1 rings (SSSR count). The van der Waals surface area contributed by atoms with E-state index in [1.807, 2.05) is 25.8 Å². The van der Waals surface area contributed by atoms with Crippen LogP contribution in [0.1, 0.15) is 13.8 Å². The highest BCUT2D eigenvalue weighted by atomic mass is 16.6. The summed E-state index contributed by atoms with van der Waals surface area (Å²) < 4.78 is 0. The minimum Gasteiger partial charge on any atom is -0.367 e. The first kappa shape index (κ1) is 10.4. The van der Waals surface area contributed by atoms with Gasteiger partial charge in [-0.25, -0.2) is 0 Å². The first-order valence-corrected chi connectivity index (χ1v) is 4.35. The standard InChI is InChI=1S/C9H13N3O2/c1-7(2)11(3)8-4-5-10-6-9(8)12(13)14/h4-7H,1-3H3. The van der Waals surface area contributed by atoms with Gasteiger partial charge in [-0.1, -0.05) is 0 Å². The average molecular weight is 195 g/mol. The lowest BCUT2D eigenvalue weighted by molar-refractivity contribution is -0.384. The number of anilines is 1. The van der Waals surface area contributed by atoms with E-state index in [9.17, 15) is 10.1 Å². The van der Waals surface area contributed by atoms with Crippen molar-refractivity contribution in [3.63, 3.8) is 0 Å². The number of rotatable bonds is 3. The van der Waals surface area contributed by atoms with Crippen LogP contribution in [0.4, 0.5) is 11.4 Å². The Kier molecular flexibility index (Phi) is 3.01. The molecule has 0 unspecified atom stereocenters. The van der Waals surface area contributed by atoms with E-state index in [-0.39, 0.29) is 11.7 Å². The number of hydrogen-bond donors (Lipinski definition) is 0. The van der Waals surface area contributed by atoms with Gasteiger partial charge in [-0.15, -0.1) is 0 Å². The second-order valence-electron chi connectivity index (χ2n) is 3.33. The summed E-state index contributed by atoms with van der Waals surface area (Å²) in [4.78, 5) is 15.9. The van der Waals surface area contributed by atoms with Crippen molar-refractivity contribution in [3.8, 4) is 0 Å². The van der Waals surface area contributed by atoms with Crippen LogP contribution in [0.2, 0.25) is 0 Å². The minimum absolute atomic E-state index is 0.0451. The molecule has 0 bridgehead atoms. The molecule has 0 radical (unpaired) electrons. The van der Waals surface area contributed by atoms with Crippen molar-refractivity contribution < 1.29 is 4.92 Å². The second kappa shape index (κ2) is 4.04. The molecule has 0 aliphatic rings. The predicted molar refractivity (Wildman–Crippen MR) is 54.4 cm³/mol. The van der Waals surface area contributed by atoms with E-state index >= 15 is 0 Å². The Morgan fingerprint density at radius 2 is 2.21 bits per heavy atom. The highest BCUT2D eigenvalue weighted by molar-refractivity contribution is 5.61. The molecule has 0 saturated carbocycles. The molecule has 0 N–H and O–H groups in total. The van der Waals surface area contributed by atoms with E-state index in [0.717, 1.165) is 0 Å². The van der Waals surface area contributed by atoms with Crippen molar-refractivity contribution >= 4 is 11.4 Å². The summed E-state index contributed by atoms with van der Waals surface area (Å²) in [6.45, 7) is 3.95. The van der Waals surface area contributed by atoms with Gasteiger partial charge in [0.1, 0.15) is 11.9 Å². The zero-order chi connectivity index (χ0) is 10.7. The molecule has 0 saturated heterocycles. The van der Waals surface area contributed by atoms with Gasteiger partial charge in [-0.05, 0) is 19.9 Å². The van der Waals surface area contributed by atoms with E-state index in [2.05, 4.69) is 4.98 Å². The van der Waals surface area contributed by atoms with Crippen LogP contribution < -0.4 is 4.90 Å². The lowest BCUT2D eigenvalue weighted by atomic mass is 10.2. The largest absolute Gasteiger partial charge is 0.367 e. The van der Waals surface area contributed by atoms with Crippen molar-refractivity contribution in [1.82, 2.24) is 4.98 Å². The SMILES string of the molecule is CC(C)N(C)c1ccncc1[N+](=O)[O-]. The molecule has 1 aromatic rings. The van der Waals surface area contributed by atoms with Crippen molar-refractivity contribution in [3.05, 3.63) is 28.6 Å². The van der Waals surface area contributed by atoms with Crippen molar-refractivity contribution in [2.24, 2.45) is 0 Å². The third-order valence-corrected chi connectivity index (χ3v) is 2.13. The lowest BCUT2D eigenvalue weighted by Gasteiger charge is -2.22. The molecule has 0 atom stereocenters. The number of nitro groups is 1. The van der Waals surface area contributed by atoms with Crippen LogP contribution >= 0.6 is 0 Å². The van der Waals surface area contributed by atoms with Gasteiger partial charge in [0.05, 0.1) is 4.92 Å². The second-order valence-corrected chi connectivity index (χ2v) is 3.33. The third kappa shape index (κ3) is 1.99. The maximum Gasteiger partial charge on any atom is 0.310 e. The van der Waals surface area contributed by atoms with E-state index in [1.54, 1.807) is 12.3 Å². The zero-order valence-electron chi connectivity index (χ0n) is 8.47. The highest BCUT2D eigenvalue weighted by Crippen LogP contribution is 2.26. The number of aromatic nitrogens is 1. The maximum atomic E-state index is 10.7. The minimum atomic E-state index is -0.415. The lowest BCUT2D eigenvalue weighted by Crippen LogP contribution is -2.26. The fourth-order valence-electron chi connectivity index (χ4n) is 1.10. The third-order valence-electron chi connectivity index (χ3n) is 2.13. The molecule has 1 aromatic heterocycles. The molecule has 0 amide bonds. The van der Waals surface area contributed by atoms with E-state index in [0.29, 0.717) is 5.69 Å².